The van der Waals surface area contributed by atoms with Gasteiger partial charge >= 0.3 is 0 Å². The highest BCUT2D eigenvalue weighted by atomic mass is 35.5. The van der Waals surface area contributed by atoms with Gasteiger partial charge in [0.05, 0.1) is 5.69 Å². The lowest BCUT2D eigenvalue weighted by atomic mass is 9.82. The SMILES string of the molecule is CCC(C)(C)c1ccc(Oc2cc(Cl)ccc2N)cc1. The lowest BCUT2D eigenvalue weighted by Gasteiger charge is -2.23. The number of halogens is 1. The summed E-state index contributed by atoms with van der Waals surface area (Å²) in [5, 5.41) is 0.609. The zero-order valence-corrected chi connectivity index (χ0v) is 12.9. The third-order valence-corrected chi connectivity index (χ3v) is 3.96. The van der Waals surface area contributed by atoms with E-state index < -0.39 is 0 Å². The lowest BCUT2D eigenvalue weighted by molar-refractivity contribution is 0.480. The first-order valence-corrected chi connectivity index (χ1v) is 7.13. The van der Waals surface area contributed by atoms with Gasteiger partial charge in [0.15, 0.2) is 5.75 Å². The summed E-state index contributed by atoms with van der Waals surface area (Å²) in [6, 6.07) is 13.3. The Kier molecular flexibility index (Phi) is 4.24. The van der Waals surface area contributed by atoms with Gasteiger partial charge in [-0.1, -0.05) is 44.5 Å². The third kappa shape index (κ3) is 3.26. The van der Waals surface area contributed by atoms with Crippen LogP contribution < -0.4 is 10.5 Å². The molecule has 3 heteroatoms. The average Bonchev–Trinajstić information content (AvgIpc) is 2.43. The highest BCUT2D eigenvalue weighted by Gasteiger charge is 2.17. The smallest absolute Gasteiger partial charge is 0.151 e. The number of ether oxygens (including phenoxy) is 1. The molecule has 0 saturated carbocycles. The summed E-state index contributed by atoms with van der Waals surface area (Å²) in [6.45, 7) is 6.66. The van der Waals surface area contributed by atoms with E-state index in [2.05, 4.69) is 32.9 Å². The molecule has 0 atom stereocenters. The van der Waals surface area contributed by atoms with E-state index in [0.717, 1.165) is 12.2 Å². The molecule has 0 radical (unpaired) electrons. The molecule has 0 unspecified atom stereocenters. The summed E-state index contributed by atoms with van der Waals surface area (Å²) >= 11 is 5.95. The summed E-state index contributed by atoms with van der Waals surface area (Å²) in [6.07, 6.45) is 1.09. The van der Waals surface area contributed by atoms with Gasteiger partial charge in [0, 0.05) is 11.1 Å². The Morgan fingerprint density at radius 3 is 2.35 bits per heavy atom. The minimum atomic E-state index is 0.174. The second kappa shape index (κ2) is 5.76. The summed E-state index contributed by atoms with van der Waals surface area (Å²) in [4.78, 5) is 0. The zero-order valence-electron chi connectivity index (χ0n) is 12.1. The number of nitrogen functional groups attached to an aromatic ring is 1. The maximum absolute atomic E-state index is 5.95. The van der Waals surface area contributed by atoms with Crippen molar-refractivity contribution in [2.24, 2.45) is 0 Å². The molecule has 20 heavy (non-hydrogen) atoms. The molecule has 0 aliphatic carbocycles. The number of rotatable bonds is 4. The molecule has 0 spiro atoms. The van der Waals surface area contributed by atoms with Crippen LogP contribution in [0.25, 0.3) is 0 Å². The third-order valence-electron chi connectivity index (χ3n) is 3.72. The molecule has 2 aromatic carbocycles. The minimum Gasteiger partial charge on any atom is -0.455 e. The summed E-state index contributed by atoms with van der Waals surface area (Å²) in [5.41, 5.74) is 7.92. The van der Waals surface area contributed by atoms with Crippen molar-refractivity contribution in [1.82, 2.24) is 0 Å². The molecule has 106 valence electrons. The van der Waals surface area contributed by atoms with Crippen molar-refractivity contribution in [3.63, 3.8) is 0 Å². The molecule has 2 rings (SSSR count). The molecule has 0 bridgehead atoms. The van der Waals surface area contributed by atoms with Crippen LogP contribution in [0.1, 0.15) is 32.8 Å². The van der Waals surface area contributed by atoms with Gasteiger partial charge in [-0.25, -0.2) is 0 Å². The Labute approximate surface area is 125 Å². The molecule has 2 aromatic rings. The van der Waals surface area contributed by atoms with E-state index in [4.69, 9.17) is 22.1 Å². The fourth-order valence-corrected chi connectivity index (χ4v) is 2.06. The number of hydrogen-bond donors (Lipinski definition) is 1. The Bertz CT molecular complexity index is 590. The second-order valence-corrected chi connectivity index (χ2v) is 5.98. The van der Waals surface area contributed by atoms with Crippen molar-refractivity contribution < 1.29 is 4.74 Å². The van der Waals surface area contributed by atoms with Gasteiger partial charge in [-0.3, -0.25) is 0 Å². The molecule has 0 aromatic heterocycles. The number of benzene rings is 2. The van der Waals surface area contributed by atoms with Crippen molar-refractivity contribution in [3.05, 3.63) is 53.1 Å². The predicted molar refractivity (Wildman–Crippen MR) is 85.7 cm³/mol. The van der Waals surface area contributed by atoms with Crippen LogP contribution in [-0.4, -0.2) is 0 Å². The van der Waals surface area contributed by atoms with Crippen molar-refractivity contribution in [2.75, 3.05) is 5.73 Å². The van der Waals surface area contributed by atoms with Gasteiger partial charge in [-0.05, 0) is 41.7 Å². The zero-order chi connectivity index (χ0) is 14.8. The topological polar surface area (TPSA) is 35.2 Å². The maximum atomic E-state index is 5.95. The summed E-state index contributed by atoms with van der Waals surface area (Å²) < 4.78 is 5.78. The molecule has 0 amide bonds. The van der Waals surface area contributed by atoms with Crippen molar-refractivity contribution in [1.29, 1.82) is 0 Å². The highest BCUT2D eigenvalue weighted by Crippen LogP contribution is 2.32. The standard InChI is InChI=1S/C17H20ClNO/c1-4-17(2,3)12-5-8-14(9-6-12)20-16-11-13(18)7-10-15(16)19/h5-11H,4,19H2,1-3H3. The Hall–Kier alpha value is -1.67. The maximum Gasteiger partial charge on any atom is 0.151 e. The van der Waals surface area contributed by atoms with E-state index in [0.29, 0.717) is 16.5 Å². The van der Waals surface area contributed by atoms with Crippen LogP contribution in [0.4, 0.5) is 5.69 Å². The molecule has 0 fully saturated rings. The highest BCUT2D eigenvalue weighted by molar-refractivity contribution is 6.30. The molecule has 0 heterocycles. The van der Waals surface area contributed by atoms with Gasteiger partial charge in [0.25, 0.3) is 0 Å². The van der Waals surface area contributed by atoms with Crippen LogP contribution in [-0.2, 0) is 5.41 Å². The normalized spacial score (nSPS) is 11.4. The largest absolute Gasteiger partial charge is 0.455 e. The van der Waals surface area contributed by atoms with Crippen LogP contribution >= 0.6 is 11.6 Å². The van der Waals surface area contributed by atoms with E-state index in [9.17, 15) is 0 Å². The first kappa shape index (κ1) is 14.7. The average molecular weight is 290 g/mol. The Morgan fingerprint density at radius 1 is 1.10 bits per heavy atom. The van der Waals surface area contributed by atoms with Gasteiger partial charge in [0.1, 0.15) is 5.75 Å². The van der Waals surface area contributed by atoms with Gasteiger partial charge < -0.3 is 10.5 Å². The van der Waals surface area contributed by atoms with E-state index >= 15 is 0 Å². The van der Waals surface area contributed by atoms with Crippen molar-refractivity contribution in [3.8, 4) is 11.5 Å². The van der Waals surface area contributed by atoms with E-state index in [1.807, 2.05) is 12.1 Å². The Morgan fingerprint density at radius 2 is 1.75 bits per heavy atom. The number of hydrogen-bond acceptors (Lipinski definition) is 2. The second-order valence-electron chi connectivity index (χ2n) is 5.55. The van der Waals surface area contributed by atoms with Crippen LogP contribution in [0.5, 0.6) is 11.5 Å². The molecule has 2 nitrogen and oxygen atoms in total. The summed E-state index contributed by atoms with van der Waals surface area (Å²) in [5.74, 6) is 1.34. The van der Waals surface area contributed by atoms with Crippen LogP contribution in [0.15, 0.2) is 42.5 Å². The fraction of sp³-hybridized carbons (Fsp3) is 0.294. The predicted octanol–water partition coefficient (Wildman–Crippen LogP) is 5.40. The monoisotopic (exact) mass is 289 g/mol. The van der Waals surface area contributed by atoms with Gasteiger partial charge in [0.2, 0.25) is 0 Å². The first-order valence-electron chi connectivity index (χ1n) is 6.76. The van der Waals surface area contributed by atoms with Crippen LogP contribution in [0.2, 0.25) is 5.02 Å². The molecule has 0 aliphatic rings. The molecule has 0 saturated heterocycles. The molecule has 2 N–H and O–H groups in total. The minimum absolute atomic E-state index is 0.174. The van der Waals surface area contributed by atoms with E-state index in [-0.39, 0.29) is 5.41 Å². The van der Waals surface area contributed by atoms with E-state index in [1.165, 1.54) is 5.56 Å². The lowest BCUT2D eigenvalue weighted by Crippen LogP contribution is -2.14. The first-order chi connectivity index (χ1) is 9.42. The quantitative estimate of drug-likeness (QED) is 0.765. The Balaban J connectivity index is 2.21. The molecular formula is C17H20ClNO. The van der Waals surface area contributed by atoms with Gasteiger partial charge in [-0.15, -0.1) is 0 Å². The number of anilines is 1. The van der Waals surface area contributed by atoms with Crippen molar-refractivity contribution in [2.45, 2.75) is 32.6 Å². The fourth-order valence-electron chi connectivity index (χ4n) is 1.90. The molecule has 0 aliphatic heterocycles. The van der Waals surface area contributed by atoms with E-state index in [1.54, 1.807) is 18.2 Å². The van der Waals surface area contributed by atoms with Crippen LogP contribution in [0, 0.1) is 0 Å². The van der Waals surface area contributed by atoms with Crippen LogP contribution in [0.3, 0.4) is 0 Å². The number of nitrogens with two attached hydrogens (primary N) is 1. The molecular weight excluding hydrogens is 270 g/mol. The van der Waals surface area contributed by atoms with Crippen molar-refractivity contribution >= 4 is 17.3 Å². The van der Waals surface area contributed by atoms with Gasteiger partial charge in [-0.2, -0.15) is 0 Å². The summed E-state index contributed by atoms with van der Waals surface area (Å²) in [7, 11) is 0.